The Hall–Kier alpha value is -0.590. The molecule has 1 unspecified atom stereocenters. The van der Waals surface area contributed by atoms with Crippen molar-refractivity contribution in [2.45, 2.75) is 226 Å². The van der Waals surface area contributed by atoms with E-state index in [0.29, 0.717) is 5.92 Å². The van der Waals surface area contributed by atoms with Crippen LogP contribution in [-0.4, -0.2) is 17.3 Å². The summed E-state index contributed by atoms with van der Waals surface area (Å²) in [5, 5.41) is 0. The van der Waals surface area contributed by atoms with E-state index in [1.165, 1.54) is 212 Å². The van der Waals surface area contributed by atoms with E-state index in [-0.39, 0.29) is 0 Å². The first kappa shape index (κ1) is 39.4. The smallest absolute Gasteiger partial charge is 0.165 e. The normalized spacial score (nSPS) is 14.9. The van der Waals surface area contributed by atoms with Crippen molar-refractivity contribution in [3.8, 4) is 0 Å². The van der Waals surface area contributed by atoms with E-state index >= 15 is 0 Å². The van der Waals surface area contributed by atoms with Crippen LogP contribution in [0.4, 0.5) is 0 Å². The Balaban J connectivity index is 2.04. The first-order chi connectivity index (χ1) is 20.8. The summed E-state index contributed by atoms with van der Waals surface area (Å²) in [5.41, 5.74) is 0. The van der Waals surface area contributed by atoms with Crippen LogP contribution in [0.5, 0.6) is 0 Å². The molecule has 0 spiro atoms. The number of nitrogens with zero attached hydrogens (tertiary/aromatic N) is 1. The lowest BCUT2D eigenvalue weighted by molar-refractivity contribution is -0.450. The third-order valence-electron chi connectivity index (χ3n) is 9.97. The van der Waals surface area contributed by atoms with Gasteiger partial charge in [0.25, 0.3) is 0 Å². The van der Waals surface area contributed by atoms with Gasteiger partial charge in [-0.25, -0.2) is 4.58 Å². The number of allylic oxidation sites excluding steroid dienone is 1. The zero-order chi connectivity index (χ0) is 30.2. The van der Waals surface area contributed by atoms with Crippen LogP contribution in [0.15, 0.2) is 12.3 Å². The summed E-state index contributed by atoms with van der Waals surface area (Å²) in [4.78, 5) is 0. The molecule has 1 heterocycles. The minimum Gasteiger partial charge on any atom is -0.209 e. The van der Waals surface area contributed by atoms with Gasteiger partial charge in [-0.3, -0.25) is 0 Å². The summed E-state index contributed by atoms with van der Waals surface area (Å²) in [7, 11) is 0. The molecule has 0 amide bonds. The van der Waals surface area contributed by atoms with Crippen LogP contribution in [0.1, 0.15) is 226 Å². The molecule has 0 aliphatic carbocycles. The number of hydrogen-bond donors (Lipinski definition) is 0. The van der Waals surface area contributed by atoms with Gasteiger partial charge in [0.1, 0.15) is 6.54 Å². The summed E-state index contributed by atoms with van der Waals surface area (Å²) in [5.74, 6) is 1.61. The number of unbranched alkanes of at least 4 members (excludes halogenated alkanes) is 26. The maximum Gasteiger partial charge on any atom is 0.165 e. The van der Waals surface area contributed by atoms with Crippen LogP contribution in [-0.2, 0) is 0 Å². The second-order valence-electron chi connectivity index (χ2n) is 14.4. The Bertz CT molecular complexity index is 558. The summed E-state index contributed by atoms with van der Waals surface area (Å²) in [6.07, 6.45) is 54.0. The number of hydrogen-bond acceptors (Lipinski definition) is 0. The molecule has 0 aromatic rings. The molecule has 1 aliphatic heterocycles. The molecule has 0 radical (unpaired) electrons. The van der Waals surface area contributed by atoms with Crippen molar-refractivity contribution in [1.82, 2.24) is 0 Å². The van der Waals surface area contributed by atoms with Gasteiger partial charge in [0.2, 0.25) is 0 Å². The Morgan fingerprint density at radius 1 is 0.429 bits per heavy atom. The molecular weight excluding hydrogens is 506 g/mol. The van der Waals surface area contributed by atoms with Crippen molar-refractivity contribution in [3.05, 3.63) is 12.3 Å². The lowest BCUT2D eigenvalue weighted by atomic mass is 9.90. The van der Waals surface area contributed by atoms with Crippen molar-refractivity contribution >= 4 is 6.21 Å². The van der Waals surface area contributed by atoms with E-state index in [9.17, 15) is 0 Å². The predicted octanol–water partition coefficient (Wildman–Crippen LogP) is 14.4. The SMILES string of the molecule is CCCCCCCCCCCCCCCCC(CCCCCCCCCCCCCCCC)CCC[N+]1=CC(C)C=C1. The van der Waals surface area contributed by atoms with Crippen molar-refractivity contribution < 1.29 is 4.58 Å². The lowest BCUT2D eigenvalue weighted by Gasteiger charge is -2.16. The van der Waals surface area contributed by atoms with E-state index in [2.05, 4.69) is 43.8 Å². The second kappa shape index (κ2) is 31.8. The third kappa shape index (κ3) is 27.0. The molecule has 0 saturated carbocycles. The summed E-state index contributed by atoms with van der Waals surface area (Å²) in [6.45, 7) is 8.15. The highest BCUT2D eigenvalue weighted by molar-refractivity contribution is 5.59. The molecule has 0 saturated heterocycles. The molecule has 1 aliphatic rings. The third-order valence-corrected chi connectivity index (χ3v) is 9.97. The fraction of sp³-hybridized carbons (Fsp3) is 0.927. The molecule has 1 nitrogen and oxygen atoms in total. The predicted molar refractivity (Wildman–Crippen MR) is 192 cm³/mol. The average molecular weight is 587 g/mol. The molecule has 1 atom stereocenters. The maximum atomic E-state index is 2.45. The summed E-state index contributed by atoms with van der Waals surface area (Å²) in [6, 6.07) is 0. The van der Waals surface area contributed by atoms with Gasteiger partial charge in [0, 0.05) is 6.42 Å². The minimum absolute atomic E-state index is 0.631. The van der Waals surface area contributed by atoms with Gasteiger partial charge < -0.3 is 0 Å². The van der Waals surface area contributed by atoms with Crippen LogP contribution < -0.4 is 0 Å². The fourth-order valence-electron chi connectivity index (χ4n) is 7.05. The van der Waals surface area contributed by atoms with Crippen molar-refractivity contribution in [2.24, 2.45) is 11.8 Å². The van der Waals surface area contributed by atoms with Crippen LogP contribution in [0.25, 0.3) is 0 Å². The Morgan fingerprint density at radius 3 is 1.05 bits per heavy atom. The van der Waals surface area contributed by atoms with E-state index in [1.54, 1.807) is 0 Å². The van der Waals surface area contributed by atoms with Gasteiger partial charge in [-0.1, -0.05) is 206 Å². The van der Waals surface area contributed by atoms with Gasteiger partial charge in [0.05, 0.1) is 5.92 Å². The molecule has 1 heteroatoms. The van der Waals surface area contributed by atoms with Crippen LogP contribution >= 0.6 is 0 Å². The lowest BCUT2D eigenvalue weighted by Crippen LogP contribution is -2.09. The highest BCUT2D eigenvalue weighted by Crippen LogP contribution is 2.24. The van der Waals surface area contributed by atoms with E-state index in [4.69, 9.17) is 0 Å². The van der Waals surface area contributed by atoms with Gasteiger partial charge in [-0.05, 0) is 25.3 Å². The highest BCUT2D eigenvalue weighted by Gasteiger charge is 2.14. The Kier molecular flexibility index (Phi) is 29.9. The first-order valence-electron chi connectivity index (χ1n) is 20.0. The Morgan fingerprint density at radius 2 is 0.738 bits per heavy atom. The molecule has 0 fully saturated rings. The topological polar surface area (TPSA) is 3.01 Å². The summed E-state index contributed by atoms with van der Waals surface area (Å²) < 4.78 is 2.45. The van der Waals surface area contributed by atoms with Crippen molar-refractivity contribution in [2.75, 3.05) is 6.54 Å². The van der Waals surface area contributed by atoms with Gasteiger partial charge in [-0.15, -0.1) is 0 Å². The molecule has 0 aromatic carbocycles. The average Bonchev–Trinajstić information content (AvgIpc) is 3.41. The molecule has 248 valence electrons. The zero-order valence-electron chi connectivity index (χ0n) is 29.7. The number of rotatable bonds is 34. The maximum absolute atomic E-state index is 2.45. The molecule has 0 aromatic heterocycles. The van der Waals surface area contributed by atoms with E-state index in [0.717, 1.165) is 5.92 Å². The molecule has 0 bridgehead atoms. The molecule has 0 N–H and O–H groups in total. The van der Waals surface area contributed by atoms with E-state index < -0.39 is 0 Å². The second-order valence-corrected chi connectivity index (χ2v) is 14.4. The van der Waals surface area contributed by atoms with Crippen LogP contribution in [0.2, 0.25) is 0 Å². The van der Waals surface area contributed by atoms with Gasteiger partial charge in [-0.2, -0.15) is 0 Å². The minimum atomic E-state index is 0.631. The zero-order valence-corrected chi connectivity index (χ0v) is 29.7. The summed E-state index contributed by atoms with van der Waals surface area (Å²) >= 11 is 0. The van der Waals surface area contributed by atoms with Crippen molar-refractivity contribution in [1.29, 1.82) is 0 Å². The molecular formula is C41H80N+. The largest absolute Gasteiger partial charge is 0.209 e. The first-order valence-corrected chi connectivity index (χ1v) is 20.0. The van der Waals surface area contributed by atoms with Gasteiger partial charge >= 0.3 is 0 Å². The monoisotopic (exact) mass is 587 g/mol. The molecule has 1 rings (SSSR count). The fourth-order valence-corrected chi connectivity index (χ4v) is 7.05. The quantitative estimate of drug-likeness (QED) is 0.0521. The van der Waals surface area contributed by atoms with E-state index in [1.807, 2.05) is 0 Å². The molecule has 42 heavy (non-hydrogen) atoms. The highest BCUT2D eigenvalue weighted by atomic mass is 15.0. The van der Waals surface area contributed by atoms with Crippen LogP contribution in [0, 0.1) is 11.8 Å². The van der Waals surface area contributed by atoms with Crippen LogP contribution in [0.3, 0.4) is 0 Å². The van der Waals surface area contributed by atoms with Gasteiger partial charge in [0.15, 0.2) is 12.4 Å². The van der Waals surface area contributed by atoms with Crippen molar-refractivity contribution in [3.63, 3.8) is 0 Å². The standard InChI is InChI=1S/C41H80N/c1-4-6-8-10-12-14-16-18-20-22-24-26-28-30-33-41(35-32-37-42-38-36-40(3)39-42)34-31-29-27-25-23-21-19-17-15-13-11-9-7-5-2/h36,38-41H,4-35,37H2,1-3H3/q+1. The Labute approximate surface area is 267 Å².